The number of carbonyl (C=O) groups excluding carboxylic acids is 2. The number of phenolic OH excluding ortho intramolecular Hbond substituents is 2. The number of hydrogen-bond donors (Lipinski definition) is 3. The lowest BCUT2D eigenvalue weighted by atomic mass is 9.95. The Labute approximate surface area is 177 Å². The van der Waals surface area contributed by atoms with Crippen LogP contribution in [0.1, 0.15) is 22.7 Å². The first-order chi connectivity index (χ1) is 14.8. The first-order valence-electron chi connectivity index (χ1n) is 9.43. The minimum absolute atomic E-state index is 0.0161. The average Bonchev–Trinajstić information content (AvgIpc) is 3.01. The van der Waals surface area contributed by atoms with E-state index in [-0.39, 0.29) is 28.3 Å². The molecule has 6 nitrogen and oxygen atoms in total. The second-order valence-electron chi connectivity index (χ2n) is 7.26. The summed E-state index contributed by atoms with van der Waals surface area (Å²) in [4.78, 5) is 27.2. The van der Waals surface area contributed by atoms with Crippen LogP contribution < -0.4 is 4.90 Å². The summed E-state index contributed by atoms with van der Waals surface area (Å²) in [6.45, 7) is 1.77. The predicted molar refractivity (Wildman–Crippen MR) is 112 cm³/mol. The SMILES string of the molecule is Cc1ccc(O)c(N2C(=O)C(=O)/C(=C(/O)c3ccc(F)cc3)C2c2ccc(O)cc2)c1. The van der Waals surface area contributed by atoms with Crippen molar-refractivity contribution in [2.75, 3.05) is 4.90 Å². The van der Waals surface area contributed by atoms with Crippen LogP contribution in [0.15, 0.2) is 72.3 Å². The quantitative estimate of drug-likeness (QED) is 0.336. The third-order valence-corrected chi connectivity index (χ3v) is 5.16. The molecule has 1 aliphatic rings. The molecule has 156 valence electrons. The molecule has 3 N–H and O–H groups in total. The molecular weight excluding hydrogens is 401 g/mol. The van der Waals surface area contributed by atoms with Crippen LogP contribution in [0.5, 0.6) is 11.5 Å². The van der Waals surface area contributed by atoms with Crippen LogP contribution in [0.25, 0.3) is 5.76 Å². The van der Waals surface area contributed by atoms with Gasteiger partial charge in [-0.25, -0.2) is 4.39 Å². The normalized spacial score (nSPS) is 17.9. The van der Waals surface area contributed by atoms with E-state index in [1.165, 1.54) is 42.5 Å². The summed E-state index contributed by atoms with van der Waals surface area (Å²) >= 11 is 0. The lowest BCUT2D eigenvalue weighted by molar-refractivity contribution is -0.132. The van der Waals surface area contributed by atoms with Crippen molar-refractivity contribution in [1.82, 2.24) is 0 Å². The Morgan fingerprint density at radius 2 is 1.58 bits per heavy atom. The van der Waals surface area contributed by atoms with E-state index >= 15 is 0 Å². The number of halogens is 1. The highest BCUT2D eigenvalue weighted by molar-refractivity contribution is 6.51. The summed E-state index contributed by atoms with van der Waals surface area (Å²) in [5.41, 5.74) is 1.25. The molecule has 1 heterocycles. The third kappa shape index (κ3) is 3.50. The van der Waals surface area contributed by atoms with Crippen molar-refractivity contribution in [3.05, 3.63) is 94.8 Å². The summed E-state index contributed by atoms with van der Waals surface area (Å²) in [6, 6.07) is 14.2. The van der Waals surface area contributed by atoms with Crippen molar-refractivity contribution >= 4 is 23.1 Å². The van der Waals surface area contributed by atoms with Crippen LogP contribution in [0.4, 0.5) is 10.1 Å². The lowest BCUT2D eigenvalue weighted by Gasteiger charge is -2.26. The predicted octanol–water partition coefficient (Wildman–Crippen LogP) is 4.17. The van der Waals surface area contributed by atoms with Gasteiger partial charge in [0.2, 0.25) is 0 Å². The van der Waals surface area contributed by atoms with E-state index in [0.29, 0.717) is 5.56 Å². The first kappa shape index (κ1) is 20.2. The molecule has 0 saturated carbocycles. The van der Waals surface area contributed by atoms with Crippen molar-refractivity contribution in [1.29, 1.82) is 0 Å². The monoisotopic (exact) mass is 419 g/mol. The van der Waals surface area contributed by atoms with Gasteiger partial charge in [0.15, 0.2) is 0 Å². The van der Waals surface area contributed by atoms with Crippen LogP contribution in [-0.4, -0.2) is 27.0 Å². The fourth-order valence-corrected chi connectivity index (χ4v) is 3.64. The molecule has 0 aliphatic carbocycles. The smallest absolute Gasteiger partial charge is 0.300 e. The summed E-state index contributed by atoms with van der Waals surface area (Å²) in [5, 5.41) is 31.0. The minimum atomic E-state index is -1.07. The fraction of sp³-hybridized carbons (Fsp3) is 0.0833. The molecule has 3 aromatic rings. The van der Waals surface area contributed by atoms with Crippen LogP contribution in [0.3, 0.4) is 0 Å². The van der Waals surface area contributed by atoms with Gasteiger partial charge in [0.25, 0.3) is 11.7 Å². The number of rotatable bonds is 3. The van der Waals surface area contributed by atoms with Crippen molar-refractivity contribution in [2.24, 2.45) is 0 Å². The lowest BCUT2D eigenvalue weighted by Crippen LogP contribution is -2.29. The fourth-order valence-electron chi connectivity index (χ4n) is 3.64. The number of aliphatic hydroxyl groups is 1. The van der Waals surface area contributed by atoms with Gasteiger partial charge < -0.3 is 15.3 Å². The van der Waals surface area contributed by atoms with Crippen LogP contribution in [0, 0.1) is 12.7 Å². The average molecular weight is 419 g/mol. The maximum Gasteiger partial charge on any atom is 0.300 e. The standard InChI is InChI=1S/C24H18FNO5/c1-13-2-11-19(28)18(12-13)26-21(14-5-9-17(27)10-6-14)20(23(30)24(26)31)22(29)15-3-7-16(25)8-4-15/h2-12,21,27-29H,1H3/b22-20+. The van der Waals surface area contributed by atoms with E-state index in [1.807, 2.05) is 0 Å². The van der Waals surface area contributed by atoms with Crippen molar-refractivity contribution in [3.8, 4) is 11.5 Å². The number of amides is 1. The number of hydrogen-bond acceptors (Lipinski definition) is 5. The number of aliphatic hydroxyl groups excluding tert-OH is 1. The molecule has 31 heavy (non-hydrogen) atoms. The molecule has 1 unspecified atom stereocenters. The summed E-state index contributed by atoms with van der Waals surface area (Å²) < 4.78 is 13.3. The van der Waals surface area contributed by atoms with Crippen molar-refractivity contribution in [2.45, 2.75) is 13.0 Å². The second kappa shape index (κ2) is 7.60. The largest absolute Gasteiger partial charge is 0.508 e. The molecule has 7 heteroatoms. The van der Waals surface area contributed by atoms with Gasteiger partial charge in [0, 0.05) is 5.56 Å². The van der Waals surface area contributed by atoms with Gasteiger partial charge in [-0.1, -0.05) is 18.2 Å². The van der Waals surface area contributed by atoms with E-state index in [9.17, 15) is 29.3 Å². The number of benzene rings is 3. The van der Waals surface area contributed by atoms with Crippen LogP contribution >= 0.6 is 0 Å². The number of nitrogens with zero attached hydrogens (tertiary/aromatic N) is 1. The Morgan fingerprint density at radius 3 is 2.23 bits per heavy atom. The van der Waals surface area contributed by atoms with Crippen molar-refractivity contribution in [3.63, 3.8) is 0 Å². The van der Waals surface area contributed by atoms with Crippen molar-refractivity contribution < 1.29 is 29.3 Å². The van der Waals surface area contributed by atoms with E-state index in [2.05, 4.69) is 0 Å². The van der Waals surface area contributed by atoms with Gasteiger partial charge in [-0.05, 0) is 66.6 Å². The minimum Gasteiger partial charge on any atom is -0.508 e. The molecular formula is C24H18FNO5. The Bertz CT molecular complexity index is 1220. The number of phenols is 2. The number of aromatic hydroxyl groups is 2. The zero-order chi connectivity index (χ0) is 22.3. The number of Topliss-reactive ketones (excluding diaryl/α,β-unsaturated/α-hetero) is 1. The first-order valence-corrected chi connectivity index (χ1v) is 9.43. The van der Waals surface area contributed by atoms with Crippen LogP contribution in [0.2, 0.25) is 0 Å². The molecule has 1 fully saturated rings. The molecule has 1 aliphatic heterocycles. The highest BCUT2D eigenvalue weighted by Gasteiger charge is 2.47. The number of carbonyl (C=O) groups is 2. The Balaban J connectivity index is 1.97. The van der Waals surface area contributed by atoms with Gasteiger partial charge in [-0.15, -0.1) is 0 Å². The Morgan fingerprint density at radius 1 is 0.935 bits per heavy atom. The Hall–Kier alpha value is -4.13. The Kier molecular flexibility index (Phi) is 4.94. The number of ketones is 1. The third-order valence-electron chi connectivity index (χ3n) is 5.16. The van der Waals surface area contributed by atoms with Crippen LogP contribution in [-0.2, 0) is 9.59 Å². The maximum absolute atomic E-state index is 13.3. The summed E-state index contributed by atoms with van der Waals surface area (Å²) in [7, 11) is 0. The van der Waals surface area contributed by atoms with E-state index < -0.39 is 29.3 Å². The molecule has 0 bridgehead atoms. The molecule has 1 atom stereocenters. The highest BCUT2D eigenvalue weighted by atomic mass is 19.1. The summed E-state index contributed by atoms with van der Waals surface area (Å²) in [5.74, 6) is -3.08. The molecule has 4 rings (SSSR count). The zero-order valence-electron chi connectivity index (χ0n) is 16.4. The molecule has 0 aromatic heterocycles. The molecule has 0 spiro atoms. The van der Waals surface area contributed by atoms with E-state index in [4.69, 9.17) is 0 Å². The van der Waals surface area contributed by atoms with Gasteiger partial charge >= 0.3 is 0 Å². The molecule has 3 aromatic carbocycles. The van der Waals surface area contributed by atoms with Gasteiger partial charge in [-0.2, -0.15) is 0 Å². The molecule has 1 saturated heterocycles. The van der Waals surface area contributed by atoms with E-state index in [1.54, 1.807) is 19.1 Å². The zero-order valence-corrected chi connectivity index (χ0v) is 16.4. The highest BCUT2D eigenvalue weighted by Crippen LogP contribution is 2.45. The van der Waals surface area contributed by atoms with E-state index in [0.717, 1.165) is 22.6 Å². The summed E-state index contributed by atoms with van der Waals surface area (Å²) in [6.07, 6.45) is 0. The van der Waals surface area contributed by atoms with Gasteiger partial charge in [0.05, 0.1) is 17.3 Å². The number of anilines is 1. The molecule has 0 radical (unpaired) electrons. The second-order valence-corrected chi connectivity index (χ2v) is 7.26. The van der Waals surface area contributed by atoms with Gasteiger partial charge in [-0.3, -0.25) is 14.5 Å². The number of aryl methyl sites for hydroxylation is 1. The molecule has 1 amide bonds. The topological polar surface area (TPSA) is 98.1 Å². The van der Waals surface area contributed by atoms with Gasteiger partial charge in [0.1, 0.15) is 23.1 Å². The maximum atomic E-state index is 13.3.